The van der Waals surface area contributed by atoms with Crippen LogP contribution < -0.4 is 0 Å². The summed E-state index contributed by atoms with van der Waals surface area (Å²) >= 11 is 0. The summed E-state index contributed by atoms with van der Waals surface area (Å²) in [5, 5.41) is 0. The second-order valence-electron chi connectivity index (χ2n) is 6.54. The Hall–Kier alpha value is 0.110. The van der Waals surface area contributed by atoms with Crippen LogP contribution in [0.1, 0.15) is 105 Å². The zero-order valence-electron chi connectivity index (χ0n) is 16.7. The summed E-state index contributed by atoms with van der Waals surface area (Å²) in [6.45, 7) is 10.9. The maximum Gasteiger partial charge on any atom is 0.475 e. The van der Waals surface area contributed by atoms with E-state index in [9.17, 15) is 4.57 Å². The van der Waals surface area contributed by atoms with E-state index in [1.54, 1.807) is 0 Å². The molecule has 0 N–H and O–H groups in total. The monoisotopic (exact) mass is 364 g/mol. The lowest BCUT2D eigenvalue weighted by Gasteiger charge is -2.26. The zero-order chi connectivity index (χ0) is 18.3. The van der Waals surface area contributed by atoms with Gasteiger partial charge in [-0.2, -0.15) is 0 Å². The molecular formula is C19H41O4P. The van der Waals surface area contributed by atoms with Crippen LogP contribution in [0.2, 0.25) is 0 Å². The summed E-state index contributed by atoms with van der Waals surface area (Å²) in [6.07, 6.45) is 11.1. The van der Waals surface area contributed by atoms with E-state index in [2.05, 4.69) is 27.7 Å². The molecule has 0 saturated carbocycles. The van der Waals surface area contributed by atoms with E-state index in [0.717, 1.165) is 44.9 Å². The number of rotatable bonds is 17. The van der Waals surface area contributed by atoms with Crippen LogP contribution in [0.3, 0.4) is 0 Å². The molecule has 0 aromatic rings. The van der Waals surface area contributed by atoms with E-state index in [4.69, 9.17) is 13.6 Å². The van der Waals surface area contributed by atoms with Crippen LogP contribution in [0.4, 0.5) is 0 Å². The molecule has 0 aromatic heterocycles. The van der Waals surface area contributed by atoms with E-state index in [1.165, 1.54) is 25.7 Å². The minimum absolute atomic E-state index is 0.0487. The molecule has 0 aromatic carbocycles. The molecule has 0 saturated heterocycles. The Kier molecular flexibility index (Phi) is 15.4. The zero-order valence-corrected chi connectivity index (χ0v) is 17.6. The maximum absolute atomic E-state index is 13.1. The Morgan fingerprint density at radius 2 is 1.17 bits per heavy atom. The molecule has 5 heteroatoms. The first kappa shape index (κ1) is 24.1. The Morgan fingerprint density at radius 3 is 1.50 bits per heavy atom. The molecular weight excluding hydrogens is 323 g/mol. The summed E-state index contributed by atoms with van der Waals surface area (Å²) in [6, 6.07) is 0. The average Bonchev–Trinajstić information content (AvgIpc) is 2.58. The highest BCUT2D eigenvalue weighted by Gasteiger charge is 2.32. The minimum atomic E-state index is -3.48. The third-order valence-electron chi connectivity index (χ3n) is 4.18. The lowest BCUT2D eigenvalue weighted by molar-refractivity contribution is 0.0430. The number of phosphoric acid groups is 1. The fourth-order valence-electron chi connectivity index (χ4n) is 2.56. The normalized spacial score (nSPS) is 16.7. The van der Waals surface area contributed by atoms with Gasteiger partial charge in [-0.05, 0) is 32.1 Å². The fraction of sp³-hybridized carbons (Fsp3) is 1.00. The van der Waals surface area contributed by atoms with Gasteiger partial charge in [0.2, 0.25) is 0 Å². The predicted octanol–water partition coefficient (Wildman–Crippen LogP) is 7.27. The Bertz CT molecular complexity index is 298. The van der Waals surface area contributed by atoms with Gasteiger partial charge in [0, 0.05) is 0 Å². The highest BCUT2D eigenvalue weighted by Crippen LogP contribution is 2.53. The first-order valence-corrected chi connectivity index (χ1v) is 11.6. The van der Waals surface area contributed by atoms with Gasteiger partial charge in [-0.3, -0.25) is 13.6 Å². The van der Waals surface area contributed by atoms with Gasteiger partial charge in [-0.25, -0.2) is 4.57 Å². The van der Waals surface area contributed by atoms with Gasteiger partial charge in [0.1, 0.15) is 0 Å². The number of hydrogen-bond acceptors (Lipinski definition) is 4. The van der Waals surface area contributed by atoms with Crippen LogP contribution in [0.25, 0.3) is 0 Å². The second-order valence-corrected chi connectivity index (χ2v) is 8.12. The average molecular weight is 365 g/mol. The van der Waals surface area contributed by atoms with E-state index < -0.39 is 7.82 Å². The van der Waals surface area contributed by atoms with E-state index in [0.29, 0.717) is 6.61 Å². The smallest absolute Gasteiger partial charge is 0.287 e. The largest absolute Gasteiger partial charge is 0.475 e. The molecule has 24 heavy (non-hydrogen) atoms. The van der Waals surface area contributed by atoms with Crippen molar-refractivity contribution in [3.63, 3.8) is 0 Å². The summed E-state index contributed by atoms with van der Waals surface area (Å²) in [7, 11) is -3.48. The van der Waals surface area contributed by atoms with Crippen molar-refractivity contribution in [2.75, 3.05) is 6.61 Å². The first-order chi connectivity index (χ1) is 11.5. The molecule has 0 amide bonds. The number of hydrogen-bond donors (Lipinski definition) is 0. The van der Waals surface area contributed by atoms with Crippen LogP contribution in [0.15, 0.2) is 0 Å². The summed E-state index contributed by atoms with van der Waals surface area (Å²) < 4.78 is 30.4. The molecule has 0 bridgehead atoms. The molecule has 0 aliphatic heterocycles. The van der Waals surface area contributed by atoms with Crippen molar-refractivity contribution in [2.45, 2.75) is 117 Å². The van der Waals surface area contributed by atoms with Crippen LogP contribution in [0, 0.1) is 0 Å². The molecule has 146 valence electrons. The number of phosphoric ester groups is 1. The molecule has 0 rings (SSSR count). The summed E-state index contributed by atoms with van der Waals surface area (Å²) in [5.41, 5.74) is 0. The van der Waals surface area contributed by atoms with E-state index >= 15 is 0 Å². The van der Waals surface area contributed by atoms with E-state index in [-0.39, 0.29) is 12.2 Å². The topological polar surface area (TPSA) is 44.8 Å². The van der Waals surface area contributed by atoms with Crippen molar-refractivity contribution in [2.24, 2.45) is 0 Å². The molecule has 2 atom stereocenters. The van der Waals surface area contributed by atoms with Crippen molar-refractivity contribution in [3.05, 3.63) is 0 Å². The maximum atomic E-state index is 13.1. The van der Waals surface area contributed by atoms with Crippen molar-refractivity contribution in [1.29, 1.82) is 0 Å². The van der Waals surface area contributed by atoms with Crippen LogP contribution in [0.5, 0.6) is 0 Å². The third-order valence-corrected chi connectivity index (χ3v) is 5.79. The minimum Gasteiger partial charge on any atom is -0.287 e. The molecule has 0 radical (unpaired) electrons. The quantitative estimate of drug-likeness (QED) is 0.201. The Morgan fingerprint density at radius 1 is 0.708 bits per heavy atom. The highest BCUT2D eigenvalue weighted by molar-refractivity contribution is 7.48. The molecule has 0 aliphatic carbocycles. The van der Waals surface area contributed by atoms with Gasteiger partial charge >= 0.3 is 7.82 Å². The van der Waals surface area contributed by atoms with Crippen molar-refractivity contribution >= 4 is 7.82 Å². The van der Waals surface area contributed by atoms with E-state index in [1.807, 2.05) is 6.92 Å². The lowest BCUT2D eigenvalue weighted by atomic mass is 10.1. The van der Waals surface area contributed by atoms with Crippen LogP contribution in [-0.2, 0) is 18.1 Å². The van der Waals surface area contributed by atoms with Gasteiger partial charge in [0.15, 0.2) is 0 Å². The van der Waals surface area contributed by atoms with Gasteiger partial charge in [-0.15, -0.1) is 0 Å². The molecule has 0 aliphatic rings. The molecule has 4 nitrogen and oxygen atoms in total. The summed E-state index contributed by atoms with van der Waals surface area (Å²) in [4.78, 5) is 0. The Labute approximate surface area is 150 Å². The first-order valence-electron chi connectivity index (χ1n) is 10.2. The second kappa shape index (κ2) is 15.4. The van der Waals surface area contributed by atoms with Gasteiger partial charge < -0.3 is 0 Å². The highest BCUT2D eigenvalue weighted by atomic mass is 31.2. The Balaban J connectivity index is 4.73. The van der Waals surface area contributed by atoms with Crippen LogP contribution in [-0.4, -0.2) is 18.8 Å². The SMILES string of the molecule is CCCCCC(CC)OP(=O)(OCCC)OC(CC)CCCCC. The van der Waals surface area contributed by atoms with Crippen molar-refractivity contribution in [3.8, 4) is 0 Å². The standard InChI is InChI=1S/C19H41O4P/c1-6-11-13-15-18(9-4)22-24(20,21-17-8-3)23-19(10-5)16-14-12-7-2/h18-19H,6-17H2,1-5H3. The van der Waals surface area contributed by atoms with Crippen molar-refractivity contribution in [1.82, 2.24) is 0 Å². The van der Waals surface area contributed by atoms with Gasteiger partial charge in [0.05, 0.1) is 18.8 Å². The van der Waals surface area contributed by atoms with Crippen molar-refractivity contribution < 1.29 is 18.1 Å². The number of unbranched alkanes of at least 4 members (excludes halogenated alkanes) is 4. The molecule has 0 heterocycles. The summed E-state index contributed by atoms with van der Waals surface area (Å²) in [5.74, 6) is 0. The molecule has 0 spiro atoms. The van der Waals surface area contributed by atoms with Gasteiger partial charge in [-0.1, -0.05) is 73.1 Å². The van der Waals surface area contributed by atoms with Crippen LogP contribution >= 0.6 is 7.82 Å². The van der Waals surface area contributed by atoms with Gasteiger partial charge in [0.25, 0.3) is 0 Å². The molecule has 0 fully saturated rings. The molecule has 2 unspecified atom stereocenters. The third kappa shape index (κ3) is 11.6. The fourth-order valence-corrected chi connectivity index (χ4v) is 4.38. The lowest BCUT2D eigenvalue weighted by Crippen LogP contribution is -2.17. The predicted molar refractivity (Wildman–Crippen MR) is 102 cm³/mol.